The van der Waals surface area contributed by atoms with Gasteiger partial charge in [-0.15, -0.1) is 0 Å². The third kappa shape index (κ3) is 3.47. The van der Waals surface area contributed by atoms with E-state index in [0.29, 0.717) is 26.2 Å². The van der Waals surface area contributed by atoms with E-state index in [1.807, 2.05) is 78.4 Å². The van der Waals surface area contributed by atoms with Gasteiger partial charge in [-0.25, -0.2) is 4.79 Å². The molecule has 3 amide bonds. The van der Waals surface area contributed by atoms with Crippen LogP contribution >= 0.6 is 0 Å². The highest BCUT2D eigenvalue weighted by molar-refractivity contribution is 5.96. The average molecular weight is 378 g/mol. The number of likely N-dealkylation sites (N-methyl/N-ethyl adjacent to an activating group) is 1. The Bertz CT molecular complexity index is 868. The molecule has 0 radical (unpaired) electrons. The number of nitrogens with zero attached hydrogens (tertiary/aromatic N) is 3. The molecule has 146 valence electrons. The van der Waals surface area contributed by atoms with Crippen molar-refractivity contribution in [2.75, 3.05) is 43.4 Å². The van der Waals surface area contributed by atoms with Gasteiger partial charge in [0.1, 0.15) is 0 Å². The summed E-state index contributed by atoms with van der Waals surface area (Å²) in [6.07, 6.45) is 0.849. The number of hydrogen-bond acceptors (Lipinski definition) is 3. The Balaban J connectivity index is 1.48. The highest BCUT2D eigenvalue weighted by atomic mass is 16.2. The van der Waals surface area contributed by atoms with Crippen molar-refractivity contribution in [3.8, 4) is 0 Å². The second-order valence-corrected chi connectivity index (χ2v) is 7.86. The van der Waals surface area contributed by atoms with Crippen molar-refractivity contribution < 1.29 is 9.59 Å². The van der Waals surface area contributed by atoms with Gasteiger partial charge in [-0.3, -0.25) is 9.69 Å². The van der Waals surface area contributed by atoms with Crippen molar-refractivity contribution in [1.82, 2.24) is 9.80 Å². The lowest BCUT2D eigenvalue weighted by molar-refractivity contribution is -0.123. The number of hydrogen-bond donors (Lipinski definition) is 1. The van der Waals surface area contributed by atoms with E-state index < -0.39 is 0 Å². The molecule has 2 aliphatic rings. The second-order valence-electron chi connectivity index (χ2n) is 7.86. The van der Waals surface area contributed by atoms with Gasteiger partial charge in [0, 0.05) is 31.0 Å². The topological polar surface area (TPSA) is 55.9 Å². The summed E-state index contributed by atoms with van der Waals surface area (Å²) in [5.41, 5.74) is 2.67. The second kappa shape index (κ2) is 7.28. The third-order valence-electron chi connectivity index (χ3n) is 5.93. The van der Waals surface area contributed by atoms with Crippen molar-refractivity contribution in [2.24, 2.45) is 0 Å². The number of aryl methyl sites for hydroxylation is 1. The Morgan fingerprint density at radius 3 is 2.46 bits per heavy atom. The molecule has 2 heterocycles. The fraction of sp³-hybridized carbons (Fsp3) is 0.364. The predicted molar refractivity (Wildman–Crippen MR) is 111 cm³/mol. The van der Waals surface area contributed by atoms with E-state index in [9.17, 15) is 9.59 Å². The van der Waals surface area contributed by atoms with Crippen LogP contribution in [-0.4, -0.2) is 60.5 Å². The zero-order valence-corrected chi connectivity index (χ0v) is 16.4. The first-order valence-corrected chi connectivity index (χ1v) is 9.66. The van der Waals surface area contributed by atoms with Gasteiger partial charge in [0.2, 0.25) is 5.91 Å². The SMILES string of the molecule is Cc1ccc(NC(=O)N2CC[C@@]3(C2)CN(c2ccccc2)C(=O)CN3C)cc1. The molecule has 2 aromatic rings. The molecule has 28 heavy (non-hydrogen) atoms. The summed E-state index contributed by atoms with van der Waals surface area (Å²) in [6, 6.07) is 17.5. The maximum Gasteiger partial charge on any atom is 0.321 e. The first-order valence-electron chi connectivity index (χ1n) is 9.66. The molecule has 0 aliphatic carbocycles. The molecule has 1 spiro atoms. The summed E-state index contributed by atoms with van der Waals surface area (Å²) in [5, 5.41) is 2.99. The molecule has 0 saturated carbocycles. The molecule has 2 aliphatic heterocycles. The number of amides is 3. The van der Waals surface area contributed by atoms with Gasteiger partial charge >= 0.3 is 6.03 Å². The van der Waals surface area contributed by atoms with E-state index in [0.717, 1.165) is 23.4 Å². The maximum atomic E-state index is 12.8. The van der Waals surface area contributed by atoms with E-state index in [4.69, 9.17) is 0 Å². The van der Waals surface area contributed by atoms with Gasteiger partial charge in [-0.2, -0.15) is 0 Å². The Morgan fingerprint density at radius 2 is 1.75 bits per heavy atom. The minimum Gasteiger partial charge on any atom is -0.323 e. The molecular formula is C22H26N4O2. The highest BCUT2D eigenvalue weighted by Gasteiger charge is 2.48. The molecule has 2 saturated heterocycles. The molecule has 0 unspecified atom stereocenters. The summed E-state index contributed by atoms with van der Waals surface area (Å²) < 4.78 is 0. The van der Waals surface area contributed by atoms with E-state index >= 15 is 0 Å². The van der Waals surface area contributed by atoms with E-state index in [1.54, 1.807) is 0 Å². The number of benzene rings is 2. The number of para-hydroxylation sites is 1. The number of piperazine rings is 1. The number of urea groups is 1. The quantitative estimate of drug-likeness (QED) is 0.874. The van der Waals surface area contributed by atoms with Gasteiger partial charge in [0.15, 0.2) is 0 Å². The number of nitrogens with one attached hydrogen (secondary N) is 1. The summed E-state index contributed by atoms with van der Waals surface area (Å²) in [6.45, 7) is 4.27. The van der Waals surface area contributed by atoms with E-state index in [-0.39, 0.29) is 17.5 Å². The Labute approximate surface area is 165 Å². The summed E-state index contributed by atoms with van der Waals surface area (Å²) in [5.74, 6) is 0.0990. The van der Waals surface area contributed by atoms with Gasteiger partial charge < -0.3 is 15.1 Å². The van der Waals surface area contributed by atoms with Crippen molar-refractivity contribution in [2.45, 2.75) is 18.9 Å². The molecule has 6 heteroatoms. The van der Waals surface area contributed by atoms with Crippen molar-refractivity contribution in [1.29, 1.82) is 0 Å². The molecule has 2 aromatic carbocycles. The lowest BCUT2D eigenvalue weighted by Gasteiger charge is -2.46. The number of anilines is 2. The lowest BCUT2D eigenvalue weighted by Crippen LogP contribution is -2.64. The minimum atomic E-state index is -0.214. The fourth-order valence-electron chi connectivity index (χ4n) is 4.11. The zero-order valence-electron chi connectivity index (χ0n) is 16.4. The molecular weight excluding hydrogens is 352 g/mol. The summed E-state index contributed by atoms with van der Waals surface area (Å²) in [7, 11) is 1.99. The van der Waals surface area contributed by atoms with Crippen molar-refractivity contribution in [3.05, 3.63) is 60.2 Å². The van der Waals surface area contributed by atoms with Crippen LogP contribution in [0.1, 0.15) is 12.0 Å². The number of rotatable bonds is 2. The first-order chi connectivity index (χ1) is 13.5. The van der Waals surface area contributed by atoms with Crippen molar-refractivity contribution in [3.63, 3.8) is 0 Å². The van der Waals surface area contributed by atoms with Crippen LogP contribution in [0.15, 0.2) is 54.6 Å². The number of likely N-dealkylation sites (tertiary alicyclic amines) is 1. The van der Waals surface area contributed by atoms with Crippen LogP contribution in [0.5, 0.6) is 0 Å². The van der Waals surface area contributed by atoms with Crippen LogP contribution in [0.4, 0.5) is 16.2 Å². The zero-order chi connectivity index (χ0) is 19.7. The summed E-state index contributed by atoms with van der Waals surface area (Å²) in [4.78, 5) is 31.2. The van der Waals surface area contributed by atoms with Gasteiger partial charge in [-0.1, -0.05) is 35.9 Å². The predicted octanol–water partition coefficient (Wildman–Crippen LogP) is 2.95. The largest absolute Gasteiger partial charge is 0.323 e. The van der Waals surface area contributed by atoms with E-state index in [2.05, 4.69) is 10.2 Å². The third-order valence-corrected chi connectivity index (χ3v) is 5.93. The Hall–Kier alpha value is -2.86. The fourth-order valence-corrected chi connectivity index (χ4v) is 4.11. The monoisotopic (exact) mass is 378 g/mol. The normalized spacial score (nSPS) is 22.7. The smallest absolute Gasteiger partial charge is 0.321 e. The highest BCUT2D eigenvalue weighted by Crippen LogP contribution is 2.33. The molecule has 0 aromatic heterocycles. The molecule has 1 N–H and O–H groups in total. The van der Waals surface area contributed by atoms with Crippen LogP contribution < -0.4 is 10.2 Å². The van der Waals surface area contributed by atoms with Crippen LogP contribution in [0, 0.1) is 6.92 Å². The van der Waals surface area contributed by atoms with Crippen molar-refractivity contribution >= 4 is 23.3 Å². The molecule has 1 atom stereocenters. The number of carbonyl (C=O) groups excluding carboxylic acids is 2. The van der Waals surface area contributed by atoms with E-state index in [1.165, 1.54) is 0 Å². The average Bonchev–Trinajstić information content (AvgIpc) is 3.13. The van der Waals surface area contributed by atoms with Gasteiger partial charge in [-0.05, 0) is 44.7 Å². The number of carbonyl (C=O) groups is 2. The van der Waals surface area contributed by atoms with Crippen LogP contribution in [0.2, 0.25) is 0 Å². The first kappa shape index (κ1) is 18.5. The minimum absolute atomic E-state index is 0.0858. The Morgan fingerprint density at radius 1 is 1.04 bits per heavy atom. The molecule has 4 rings (SSSR count). The standard InChI is InChI=1S/C22H26N4O2/c1-17-8-10-18(11-9-17)23-21(28)25-13-12-22(15-25)16-26(20(27)14-24(22)2)19-6-4-3-5-7-19/h3-11H,12-16H2,1-2H3,(H,23,28)/t22-/m1/s1. The van der Waals surface area contributed by atoms with Crippen LogP contribution in [0.25, 0.3) is 0 Å². The lowest BCUT2D eigenvalue weighted by atomic mass is 9.92. The molecule has 2 fully saturated rings. The summed E-state index contributed by atoms with van der Waals surface area (Å²) >= 11 is 0. The molecule has 6 nitrogen and oxygen atoms in total. The Kier molecular flexibility index (Phi) is 4.81. The maximum absolute atomic E-state index is 12.8. The van der Waals surface area contributed by atoms with Crippen LogP contribution in [0.3, 0.4) is 0 Å². The van der Waals surface area contributed by atoms with Gasteiger partial charge in [0.25, 0.3) is 0 Å². The van der Waals surface area contributed by atoms with Crippen LogP contribution in [-0.2, 0) is 4.79 Å². The van der Waals surface area contributed by atoms with Gasteiger partial charge in [0.05, 0.1) is 12.1 Å². The molecule has 0 bridgehead atoms.